The van der Waals surface area contributed by atoms with Crippen LogP contribution in [0.1, 0.15) is 17.5 Å². The fourth-order valence-corrected chi connectivity index (χ4v) is 5.00. The summed E-state index contributed by atoms with van der Waals surface area (Å²) in [6, 6.07) is 6.71. The van der Waals surface area contributed by atoms with Gasteiger partial charge in [0.05, 0.1) is 12.2 Å². The molecule has 3 aromatic rings. The second kappa shape index (κ2) is 6.60. The van der Waals surface area contributed by atoms with Crippen LogP contribution in [-0.2, 0) is 19.5 Å². The lowest BCUT2D eigenvalue weighted by Crippen LogP contribution is -2.46. The van der Waals surface area contributed by atoms with Crippen LogP contribution in [0.25, 0.3) is 10.6 Å². The Balaban J connectivity index is 1.28. The van der Waals surface area contributed by atoms with Gasteiger partial charge in [-0.1, -0.05) is 0 Å². The average Bonchev–Trinajstić information content (AvgIpc) is 3.33. The van der Waals surface area contributed by atoms with Gasteiger partial charge in [-0.2, -0.15) is 0 Å². The Bertz CT molecular complexity index is 1070. The van der Waals surface area contributed by atoms with E-state index < -0.39 is 10.5 Å². The normalized spacial score (nSPS) is 20.9. The molecule has 1 atom stereocenters. The molecule has 2 aliphatic heterocycles. The summed E-state index contributed by atoms with van der Waals surface area (Å²) in [6.45, 7) is 4.79. The Hall–Kier alpha value is -2.85. The third-order valence-electron chi connectivity index (χ3n) is 5.21. The van der Waals surface area contributed by atoms with Gasteiger partial charge in [0.1, 0.15) is 22.6 Å². The van der Waals surface area contributed by atoms with Crippen LogP contribution in [-0.4, -0.2) is 43.0 Å². The van der Waals surface area contributed by atoms with Gasteiger partial charge >= 0.3 is 11.8 Å². The monoisotopic (exact) mass is 415 g/mol. The highest BCUT2D eigenvalue weighted by Gasteiger charge is 2.42. The SMILES string of the molecule is CC1(CN2CCc3sc(-c4ccc(F)cc4)nc3C2)Cn2cc([N+](=O)[O-])nc2O1. The molecule has 150 valence electrons. The molecule has 0 aliphatic carbocycles. The van der Waals surface area contributed by atoms with E-state index in [9.17, 15) is 14.5 Å². The van der Waals surface area contributed by atoms with Gasteiger partial charge in [-0.3, -0.25) is 9.47 Å². The van der Waals surface area contributed by atoms with Gasteiger partial charge in [-0.15, -0.1) is 11.3 Å². The van der Waals surface area contributed by atoms with E-state index in [0.29, 0.717) is 25.6 Å². The molecule has 0 spiro atoms. The molecule has 8 nitrogen and oxygen atoms in total. The van der Waals surface area contributed by atoms with Gasteiger partial charge in [-0.25, -0.2) is 9.37 Å². The minimum atomic E-state index is -0.515. The molecule has 0 radical (unpaired) electrons. The number of rotatable bonds is 4. The van der Waals surface area contributed by atoms with Crippen LogP contribution in [0.2, 0.25) is 0 Å². The second-order valence-corrected chi connectivity index (χ2v) is 8.76. The van der Waals surface area contributed by atoms with E-state index >= 15 is 0 Å². The van der Waals surface area contributed by atoms with Crippen molar-refractivity contribution in [3.8, 4) is 16.6 Å². The first kappa shape index (κ1) is 18.2. The summed E-state index contributed by atoms with van der Waals surface area (Å²) in [5.74, 6) is -0.447. The van der Waals surface area contributed by atoms with Crippen molar-refractivity contribution in [2.24, 2.45) is 0 Å². The summed E-state index contributed by atoms with van der Waals surface area (Å²) in [5, 5.41) is 11.8. The number of benzene rings is 1. The van der Waals surface area contributed by atoms with E-state index in [1.54, 1.807) is 28.0 Å². The molecular weight excluding hydrogens is 397 g/mol. The van der Waals surface area contributed by atoms with E-state index in [2.05, 4.69) is 9.88 Å². The number of hydrogen-bond acceptors (Lipinski definition) is 7. The Kier molecular flexibility index (Phi) is 4.14. The zero-order valence-corrected chi connectivity index (χ0v) is 16.5. The number of thiazole rings is 1. The number of nitro groups is 1. The minimum absolute atomic E-state index is 0.194. The van der Waals surface area contributed by atoms with Gasteiger partial charge in [0.2, 0.25) is 0 Å². The summed E-state index contributed by atoms with van der Waals surface area (Å²) in [6.07, 6.45) is 2.32. The van der Waals surface area contributed by atoms with Crippen molar-refractivity contribution in [3.05, 3.63) is 57.0 Å². The Morgan fingerprint density at radius 3 is 2.86 bits per heavy atom. The quantitative estimate of drug-likeness (QED) is 0.480. The van der Waals surface area contributed by atoms with Crippen molar-refractivity contribution < 1.29 is 14.1 Å². The largest absolute Gasteiger partial charge is 0.436 e. The van der Waals surface area contributed by atoms with Crippen LogP contribution >= 0.6 is 11.3 Å². The zero-order chi connectivity index (χ0) is 20.2. The highest BCUT2D eigenvalue weighted by atomic mass is 32.1. The summed E-state index contributed by atoms with van der Waals surface area (Å²) in [5.41, 5.74) is 1.48. The third kappa shape index (κ3) is 3.38. The van der Waals surface area contributed by atoms with Gasteiger partial charge in [-0.05, 0) is 42.5 Å². The maximum absolute atomic E-state index is 13.2. The van der Waals surface area contributed by atoms with Crippen LogP contribution in [0, 0.1) is 15.9 Å². The molecule has 0 amide bonds. The van der Waals surface area contributed by atoms with E-state index in [4.69, 9.17) is 9.72 Å². The van der Waals surface area contributed by atoms with Crippen LogP contribution in [0.4, 0.5) is 10.2 Å². The van der Waals surface area contributed by atoms with Crippen molar-refractivity contribution >= 4 is 17.2 Å². The predicted octanol–water partition coefficient (Wildman–Crippen LogP) is 3.26. The summed E-state index contributed by atoms with van der Waals surface area (Å²) in [7, 11) is 0. The minimum Gasteiger partial charge on any atom is -0.436 e. The van der Waals surface area contributed by atoms with Gasteiger partial charge in [0, 0.05) is 35.1 Å². The van der Waals surface area contributed by atoms with Crippen LogP contribution in [0.5, 0.6) is 6.01 Å². The van der Waals surface area contributed by atoms with Crippen molar-refractivity contribution in [3.63, 3.8) is 0 Å². The summed E-state index contributed by atoms with van der Waals surface area (Å²) < 4.78 is 20.8. The molecule has 0 N–H and O–H groups in total. The lowest BCUT2D eigenvalue weighted by atomic mass is 10.0. The molecule has 0 saturated carbocycles. The van der Waals surface area contributed by atoms with Gasteiger partial charge in [0.15, 0.2) is 0 Å². The Labute approximate surface area is 169 Å². The summed E-state index contributed by atoms with van der Waals surface area (Å²) >= 11 is 1.66. The summed E-state index contributed by atoms with van der Waals surface area (Å²) in [4.78, 5) is 22.6. The second-order valence-electron chi connectivity index (χ2n) is 7.68. The number of ether oxygens (including phenoxy) is 1. The molecule has 0 fully saturated rings. The zero-order valence-electron chi connectivity index (χ0n) is 15.7. The van der Waals surface area contributed by atoms with Crippen LogP contribution < -0.4 is 4.74 Å². The van der Waals surface area contributed by atoms with Gasteiger partial charge in [0.25, 0.3) is 0 Å². The maximum atomic E-state index is 13.2. The van der Waals surface area contributed by atoms with Crippen molar-refractivity contribution in [2.45, 2.75) is 32.0 Å². The van der Waals surface area contributed by atoms with Crippen LogP contribution in [0.3, 0.4) is 0 Å². The van der Waals surface area contributed by atoms with E-state index in [1.165, 1.54) is 23.2 Å². The molecule has 0 bridgehead atoms. The molecule has 1 unspecified atom stereocenters. The van der Waals surface area contributed by atoms with E-state index in [0.717, 1.165) is 29.2 Å². The Morgan fingerprint density at radius 1 is 1.34 bits per heavy atom. The first-order valence-corrected chi connectivity index (χ1v) is 10.1. The fraction of sp³-hybridized carbons (Fsp3) is 0.368. The number of halogens is 1. The molecule has 4 heterocycles. The predicted molar refractivity (Wildman–Crippen MR) is 104 cm³/mol. The van der Waals surface area contributed by atoms with Crippen molar-refractivity contribution in [1.29, 1.82) is 0 Å². The topological polar surface area (TPSA) is 86.3 Å². The maximum Gasteiger partial charge on any atom is 0.415 e. The molecular formula is C19H18FN5O3S. The lowest BCUT2D eigenvalue weighted by molar-refractivity contribution is -0.389. The van der Waals surface area contributed by atoms with Crippen molar-refractivity contribution in [2.75, 3.05) is 13.1 Å². The number of nitrogens with zero attached hydrogens (tertiary/aromatic N) is 5. The highest BCUT2D eigenvalue weighted by molar-refractivity contribution is 7.15. The molecule has 29 heavy (non-hydrogen) atoms. The number of aromatic nitrogens is 3. The van der Waals surface area contributed by atoms with E-state index in [1.807, 2.05) is 6.92 Å². The number of imidazole rings is 1. The molecule has 5 rings (SSSR count). The van der Waals surface area contributed by atoms with Gasteiger partial charge < -0.3 is 14.9 Å². The lowest BCUT2D eigenvalue weighted by Gasteiger charge is -2.32. The fourth-order valence-electron chi connectivity index (χ4n) is 3.94. The first-order valence-electron chi connectivity index (χ1n) is 9.26. The first-order chi connectivity index (χ1) is 13.9. The standard InChI is InChI=1S/C19H18FN5O3S/c1-19(11-24-9-16(25(26)27)22-18(24)28-19)10-23-7-6-15-14(8-23)21-17(29-15)12-2-4-13(20)5-3-12/h2-5,9H,6-8,10-11H2,1H3. The molecule has 10 heteroatoms. The Morgan fingerprint density at radius 2 is 2.14 bits per heavy atom. The highest BCUT2D eigenvalue weighted by Crippen LogP contribution is 2.35. The van der Waals surface area contributed by atoms with Crippen LogP contribution in [0.15, 0.2) is 30.5 Å². The number of fused-ring (bicyclic) bond motifs is 2. The van der Waals surface area contributed by atoms with Crippen molar-refractivity contribution in [1.82, 2.24) is 19.4 Å². The van der Waals surface area contributed by atoms with E-state index in [-0.39, 0.29) is 11.6 Å². The number of hydrogen-bond donors (Lipinski definition) is 0. The molecule has 2 aliphatic rings. The molecule has 1 aromatic carbocycles. The average molecular weight is 415 g/mol. The smallest absolute Gasteiger partial charge is 0.415 e. The molecule has 2 aromatic heterocycles. The molecule has 0 saturated heterocycles. The third-order valence-corrected chi connectivity index (χ3v) is 6.42.